The van der Waals surface area contributed by atoms with Crippen molar-refractivity contribution in [2.24, 2.45) is 0 Å². The van der Waals surface area contributed by atoms with E-state index in [2.05, 4.69) is 41.5 Å². The Morgan fingerprint density at radius 2 is 1.30 bits per heavy atom. The molecule has 37 heavy (non-hydrogen) atoms. The predicted octanol–water partition coefficient (Wildman–Crippen LogP) is 7.38. The second kappa shape index (κ2) is 10.0. The van der Waals surface area contributed by atoms with Crippen LogP contribution in [0.3, 0.4) is 0 Å². The Balaban J connectivity index is 1.74. The van der Waals surface area contributed by atoms with Crippen molar-refractivity contribution in [2.75, 3.05) is 4.90 Å². The lowest BCUT2D eigenvalue weighted by Crippen LogP contribution is -2.31. The van der Waals surface area contributed by atoms with Crippen LogP contribution in [0.1, 0.15) is 76.3 Å². The summed E-state index contributed by atoms with van der Waals surface area (Å²) in [5, 5.41) is 11.0. The van der Waals surface area contributed by atoms with Crippen LogP contribution in [0, 0.1) is 0 Å². The van der Waals surface area contributed by atoms with E-state index in [9.17, 15) is 14.7 Å². The first-order valence-corrected chi connectivity index (χ1v) is 12.9. The number of benzene rings is 3. The topological polar surface area (TPSA) is 57.6 Å². The predicted molar refractivity (Wildman–Crippen MR) is 150 cm³/mol. The molecule has 192 valence electrons. The molecule has 0 aromatic heterocycles. The first kappa shape index (κ1) is 26.4. The Morgan fingerprint density at radius 1 is 0.784 bits per heavy atom. The van der Waals surface area contributed by atoms with E-state index in [0.717, 1.165) is 22.3 Å². The average molecular weight is 496 g/mol. The summed E-state index contributed by atoms with van der Waals surface area (Å²) in [5.41, 5.74) is 4.91. The molecule has 4 rings (SSSR count). The molecule has 1 atom stereocenters. The van der Waals surface area contributed by atoms with E-state index in [1.807, 2.05) is 78.9 Å². The average Bonchev–Trinajstić information content (AvgIpc) is 3.12. The number of rotatable bonds is 6. The number of aliphatic hydroxyl groups is 1. The summed E-state index contributed by atoms with van der Waals surface area (Å²) in [6, 6.07) is 24.9. The number of nitrogens with zero attached hydrogens (tertiary/aromatic N) is 1. The number of anilines is 1. The van der Waals surface area contributed by atoms with Gasteiger partial charge in [0.1, 0.15) is 0 Å². The maximum atomic E-state index is 13.6. The number of hydrogen-bond donors (Lipinski definition) is 1. The number of hydrogen-bond acceptors (Lipinski definition) is 3. The Bertz CT molecular complexity index is 1310. The first-order valence-electron chi connectivity index (χ1n) is 12.9. The summed E-state index contributed by atoms with van der Waals surface area (Å²) >= 11 is 0. The van der Waals surface area contributed by atoms with Crippen molar-refractivity contribution in [3.8, 4) is 0 Å². The van der Waals surface area contributed by atoms with Crippen LogP contribution < -0.4 is 4.90 Å². The monoisotopic (exact) mass is 495 g/mol. The van der Waals surface area contributed by atoms with Crippen LogP contribution in [0.15, 0.2) is 90.2 Å². The van der Waals surface area contributed by atoms with Gasteiger partial charge in [-0.25, -0.2) is 0 Å². The lowest BCUT2D eigenvalue weighted by atomic mass is 9.85. The maximum Gasteiger partial charge on any atom is 0.294 e. The number of carbonyl (C=O) groups is 2. The van der Waals surface area contributed by atoms with Crippen LogP contribution >= 0.6 is 0 Å². The Hall–Kier alpha value is -3.66. The van der Waals surface area contributed by atoms with Crippen molar-refractivity contribution in [3.63, 3.8) is 0 Å². The van der Waals surface area contributed by atoms with Gasteiger partial charge < -0.3 is 5.11 Å². The van der Waals surface area contributed by atoms with Crippen LogP contribution in [0.2, 0.25) is 0 Å². The van der Waals surface area contributed by atoms with Gasteiger partial charge in [0.05, 0.1) is 11.6 Å². The SMILES string of the molecule is CC(C)(C)c1ccc(C2C(C(=O)CCc3ccccc3)=C(O)C(=O)N2c2ccc(C(C)(C)C)cc2)cc1. The fourth-order valence-corrected chi connectivity index (χ4v) is 4.80. The van der Waals surface area contributed by atoms with Gasteiger partial charge in [-0.1, -0.05) is 108 Å². The first-order chi connectivity index (χ1) is 17.4. The van der Waals surface area contributed by atoms with Gasteiger partial charge in [-0.3, -0.25) is 14.5 Å². The number of carbonyl (C=O) groups excluding carboxylic acids is 2. The summed E-state index contributed by atoms with van der Waals surface area (Å²) in [5.74, 6) is -1.22. The molecular formula is C33H37NO3. The number of Topliss-reactive ketones (excluding diaryl/α,β-unsaturated/α-hetero) is 1. The summed E-state index contributed by atoms with van der Waals surface area (Å²) < 4.78 is 0. The summed E-state index contributed by atoms with van der Waals surface area (Å²) in [6.45, 7) is 12.9. The molecule has 0 bridgehead atoms. The summed E-state index contributed by atoms with van der Waals surface area (Å²) in [4.78, 5) is 28.6. The molecule has 0 saturated heterocycles. The molecule has 0 fully saturated rings. The van der Waals surface area contributed by atoms with Gasteiger partial charge in [0.15, 0.2) is 11.5 Å². The van der Waals surface area contributed by atoms with E-state index >= 15 is 0 Å². The lowest BCUT2D eigenvalue weighted by molar-refractivity contribution is -0.118. The van der Waals surface area contributed by atoms with Gasteiger partial charge in [0, 0.05) is 12.1 Å². The minimum atomic E-state index is -0.690. The maximum absolute atomic E-state index is 13.6. The van der Waals surface area contributed by atoms with E-state index in [1.54, 1.807) is 4.90 Å². The van der Waals surface area contributed by atoms with E-state index < -0.39 is 17.7 Å². The lowest BCUT2D eigenvalue weighted by Gasteiger charge is -2.28. The van der Waals surface area contributed by atoms with Crippen molar-refractivity contribution in [1.29, 1.82) is 0 Å². The van der Waals surface area contributed by atoms with E-state index in [4.69, 9.17) is 0 Å². The number of amides is 1. The number of aryl methyl sites for hydroxylation is 1. The third-order valence-electron chi connectivity index (χ3n) is 7.10. The highest BCUT2D eigenvalue weighted by Gasteiger charge is 2.44. The van der Waals surface area contributed by atoms with Gasteiger partial charge >= 0.3 is 0 Å². The minimum Gasteiger partial charge on any atom is -0.503 e. The van der Waals surface area contributed by atoms with Gasteiger partial charge in [0.2, 0.25) is 0 Å². The van der Waals surface area contributed by atoms with Crippen LogP contribution in [-0.4, -0.2) is 16.8 Å². The second-order valence-corrected chi connectivity index (χ2v) is 11.9. The zero-order valence-electron chi connectivity index (χ0n) is 22.7. The molecule has 0 aliphatic carbocycles. The molecule has 1 amide bonds. The third-order valence-corrected chi connectivity index (χ3v) is 7.10. The van der Waals surface area contributed by atoms with Crippen LogP contribution in [0.25, 0.3) is 0 Å². The Morgan fingerprint density at radius 3 is 1.81 bits per heavy atom. The van der Waals surface area contributed by atoms with Crippen molar-refractivity contribution >= 4 is 17.4 Å². The van der Waals surface area contributed by atoms with Gasteiger partial charge in [-0.15, -0.1) is 0 Å². The fraction of sp³-hybridized carbons (Fsp3) is 0.333. The van der Waals surface area contributed by atoms with Gasteiger partial charge in [-0.2, -0.15) is 0 Å². The highest BCUT2D eigenvalue weighted by Crippen LogP contribution is 2.42. The molecule has 1 unspecified atom stereocenters. The summed E-state index contributed by atoms with van der Waals surface area (Å²) in [6.07, 6.45) is 0.755. The van der Waals surface area contributed by atoms with Crippen molar-refractivity contribution in [2.45, 2.75) is 71.3 Å². The molecule has 3 aromatic rings. The normalized spacial score (nSPS) is 16.4. The smallest absolute Gasteiger partial charge is 0.294 e. The number of aliphatic hydroxyl groups excluding tert-OH is 1. The fourth-order valence-electron chi connectivity index (χ4n) is 4.80. The van der Waals surface area contributed by atoms with Crippen molar-refractivity contribution in [3.05, 3.63) is 112 Å². The van der Waals surface area contributed by atoms with Gasteiger partial charge in [-0.05, 0) is 51.6 Å². The molecular weight excluding hydrogens is 458 g/mol. The third kappa shape index (κ3) is 5.53. The van der Waals surface area contributed by atoms with E-state index in [0.29, 0.717) is 12.1 Å². The zero-order valence-corrected chi connectivity index (χ0v) is 22.7. The molecule has 1 aliphatic heterocycles. The van der Waals surface area contributed by atoms with Crippen LogP contribution in [0.4, 0.5) is 5.69 Å². The molecule has 4 heteroatoms. The van der Waals surface area contributed by atoms with Crippen LogP contribution in [0.5, 0.6) is 0 Å². The molecule has 1 heterocycles. The molecule has 1 N–H and O–H groups in total. The summed E-state index contributed by atoms with van der Waals surface area (Å²) in [7, 11) is 0. The van der Waals surface area contributed by atoms with Crippen molar-refractivity contribution in [1.82, 2.24) is 0 Å². The minimum absolute atomic E-state index is 0.0290. The standard InChI is InChI=1S/C33H37NO3/c1-32(2,3)24-15-13-23(14-16-24)29-28(27(35)21-12-22-10-8-7-9-11-22)30(36)31(37)34(29)26-19-17-25(18-20-26)33(4,5)6/h7-11,13-20,29,36H,12,21H2,1-6H3. The van der Waals surface area contributed by atoms with E-state index in [-0.39, 0.29) is 28.6 Å². The van der Waals surface area contributed by atoms with Gasteiger partial charge in [0.25, 0.3) is 5.91 Å². The second-order valence-electron chi connectivity index (χ2n) is 11.9. The molecule has 1 aliphatic rings. The quantitative estimate of drug-likeness (QED) is 0.388. The highest BCUT2D eigenvalue weighted by molar-refractivity contribution is 6.16. The Kier molecular flexibility index (Phi) is 7.14. The zero-order chi connectivity index (χ0) is 27.0. The van der Waals surface area contributed by atoms with Crippen molar-refractivity contribution < 1.29 is 14.7 Å². The Labute approximate surface area is 220 Å². The highest BCUT2D eigenvalue weighted by atomic mass is 16.3. The molecule has 0 radical (unpaired) electrons. The van der Waals surface area contributed by atoms with Crippen LogP contribution in [-0.2, 0) is 26.8 Å². The largest absolute Gasteiger partial charge is 0.503 e. The van der Waals surface area contributed by atoms with E-state index in [1.165, 1.54) is 0 Å². The number of ketones is 1. The molecule has 4 nitrogen and oxygen atoms in total. The molecule has 0 spiro atoms. The molecule has 0 saturated carbocycles. The molecule has 3 aromatic carbocycles.